The van der Waals surface area contributed by atoms with Gasteiger partial charge < -0.3 is 10.2 Å². The minimum absolute atomic E-state index is 0.0534. The van der Waals surface area contributed by atoms with Gasteiger partial charge in [-0.1, -0.05) is 53.7 Å². The smallest absolute Gasteiger partial charge is 0.307 e. The summed E-state index contributed by atoms with van der Waals surface area (Å²) in [7, 11) is 2.15. The second-order valence-electron chi connectivity index (χ2n) is 13.0. The Bertz CT molecular complexity index is 771. The molecular weight excluding hydrogens is 386 g/mol. The third-order valence-corrected chi connectivity index (χ3v) is 7.47. The molecule has 1 saturated heterocycles. The fourth-order valence-electron chi connectivity index (χ4n) is 5.40. The van der Waals surface area contributed by atoms with Crippen molar-refractivity contribution in [2.24, 2.45) is 11.8 Å². The van der Waals surface area contributed by atoms with Crippen LogP contribution in [0.4, 0.5) is 0 Å². The number of aliphatic carboxylic acids is 1. The number of rotatable bonds is 4. The highest BCUT2D eigenvalue weighted by Gasteiger charge is 2.46. The summed E-state index contributed by atoms with van der Waals surface area (Å²) in [5.41, 5.74) is 2.23. The molecule has 4 nitrogen and oxygen atoms in total. The maximum atomic E-state index is 12.5. The first kappa shape index (κ1) is 25.7. The molecular formula is C27H45NO3. The Morgan fingerprint density at radius 3 is 1.71 bits per heavy atom. The third kappa shape index (κ3) is 5.45. The molecule has 1 atom stereocenters. The van der Waals surface area contributed by atoms with Gasteiger partial charge in [0.05, 0.1) is 5.92 Å². The van der Waals surface area contributed by atoms with Crippen LogP contribution in [-0.4, -0.2) is 39.2 Å². The van der Waals surface area contributed by atoms with Gasteiger partial charge in [-0.3, -0.25) is 9.69 Å². The van der Waals surface area contributed by atoms with E-state index in [1.807, 2.05) is 12.1 Å². The van der Waals surface area contributed by atoms with Gasteiger partial charge in [-0.2, -0.15) is 0 Å². The minimum atomic E-state index is -0.719. The summed E-state index contributed by atoms with van der Waals surface area (Å²) in [5, 5.41) is 21.3. The Morgan fingerprint density at radius 2 is 1.39 bits per heavy atom. The SMILES string of the molecule is CN1C(C)(C)CC([C@H](Cc2cc(C(C)(C)C)c(O)c(C(C)(C)C)c2)C(=O)O)CC1(C)C. The summed E-state index contributed by atoms with van der Waals surface area (Å²) < 4.78 is 0. The summed E-state index contributed by atoms with van der Waals surface area (Å²) in [4.78, 5) is 14.9. The Hall–Kier alpha value is -1.55. The summed E-state index contributed by atoms with van der Waals surface area (Å²) in [5.74, 6) is -0.720. The van der Waals surface area contributed by atoms with E-state index < -0.39 is 11.9 Å². The van der Waals surface area contributed by atoms with Gasteiger partial charge >= 0.3 is 5.97 Å². The van der Waals surface area contributed by atoms with Gasteiger partial charge in [-0.05, 0) is 87.4 Å². The lowest BCUT2D eigenvalue weighted by molar-refractivity contribution is -0.146. The van der Waals surface area contributed by atoms with Gasteiger partial charge in [-0.15, -0.1) is 0 Å². The van der Waals surface area contributed by atoms with Crippen LogP contribution in [0.1, 0.15) is 98.8 Å². The van der Waals surface area contributed by atoms with E-state index >= 15 is 0 Å². The van der Waals surface area contributed by atoms with E-state index in [9.17, 15) is 15.0 Å². The molecule has 0 radical (unpaired) electrons. The van der Waals surface area contributed by atoms with Crippen LogP contribution in [0.15, 0.2) is 12.1 Å². The van der Waals surface area contributed by atoms with E-state index in [1.165, 1.54) is 0 Å². The topological polar surface area (TPSA) is 60.8 Å². The number of carbonyl (C=O) groups is 1. The average molecular weight is 432 g/mol. The Morgan fingerprint density at radius 1 is 1.00 bits per heavy atom. The predicted octanol–water partition coefficient (Wildman–Crippen LogP) is 6.13. The molecule has 1 aromatic rings. The quantitative estimate of drug-likeness (QED) is 0.602. The van der Waals surface area contributed by atoms with Gasteiger partial charge in [0.1, 0.15) is 5.75 Å². The third-order valence-electron chi connectivity index (χ3n) is 7.47. The number of piperidine rings is 1. The van der Waals surface area contributed by atoms with E-state index in [1.54, 1.807) is 0 Å². The zero-order valence-electron chi connectivity index (χ0n) is 21.7. The van der Waals surface area contributed by atoms with Gasteiger partial charge in [-0.25, -0.2) is 0 Å². The molecule has 2 N–H and O–H groups in total. The van der Waals surface area contributed by atoms with Crippen LogP contribution in [0.3, 0.4) is 0 Å². The first-order valence-corrected chi connectivity index (χ1v) is 11.6. The van der Waals surface area contributed by atoms with Crippen LogP contribution in [0.2, 0.25) is 0 Å². The van der Waals surface area contributed by atoms with Crippen molar-refractivity contribution in [3.63, 3.8) is 0 Å². The van der Waals surface area contributed by atoms with Crippen molar-refractivity contribution in [1.82, 2.24) is 4.90 Å². The molecule has 0 unspecified atom stereocenters. The van der Waals surface area contributed by atoms with E-state index in [2.05, 4.69) is 81.2 Å². The van der Waals surface area contributed by atoms with Crippen LogP contribution in [0.5, 0.6) is 5.75 Å². The van der Waals surface area contributed by atoms with E-state index in [0.717, 1.165) is 29.5 Å². The fourth-order valence-corrected chi connectivity index (χ4v) is 5.40. The van der Waals surface area contributed by atoms with Gasteiger partial charge in [0.2, 0.25) is 0 Å². The Labute approximate surface area is 190 Å². The monoisotopic (exact) mass is 431 g/mol. The first-order chi connectivity index (χ1) is 13.8. The largest absolute Gasteiger partial charge is 0.507 e. The number of aromatic hydroxyl groups is 1. The molecule has 1 fully saturated rings. The molecule has 0 spiro atoms. The fraction of sp³-hybridized carbons (Fsp3) is 0.741. The zero-order valence-corrected chi connectivity index (χ0v) is 21.7. The highest BCUT2D eigenvalue weighted by atomic mass is 16.4. The molecule has 0 aliphatic carbocycles. The number of nitrogens with zero attached hydrogens (tertiary/aromatic N) is 1. The van der Waals surface area contributed by atoms with Gasteiger partial charge in [0.15, 0.2) is 0 Å². The molecule has 1 aromatic carbocycles. The minimum Gasteiger partial charge on any atom is -0.507 e. The molecule has 0 bridgehead atoms. The molecule has 1 heterocycles. The molecule has 1 aliphatic heterocycles. The highest BCUT2D eigenvalue weighted by Crippen LogP contribution is 2.45. The maximum Gasteiger partial charge on any atom is 0.307 e. The second-order valence-corrected chi connectivity index (χ2v) is 13.0. The molecule has 31 heavy (non-hydrogen) atoms. The van der Waals surface area contributed by atoms with Crippen LogP contribution < -0.4 is 0 Å². The summed E-state index contributed by atoms with van der Waals surface area (Å²) >= 11 is 0. The Kier molecular flexibility index (Phi) is 6.72. The van der Waals surface area contributed by atoms with Crippen LogP contribution in [0, 0.1) is 11.8 Å². The van der Waals surface area contributed by atoms with Crippen LogP contribution >= 0.6 is 0 Å². The number of phenols is 1. The second kappa shape index (κ2) is 8.10. The zero-order chi connectivity index (χ0) is 24.2. The van der Waals surface area contributed by atoms with Crippen LogP contribution in [0.25, 0.3) is 0 Å². The van der Waals surface area contributed by atoms with E-state index in [-0.39, 0.29) is 27.8 Å². The predicted molar refractivity (Wildman–Crippen MR) is 129 cm³/mol. The highest BCUT2D eigenvalue weighted by molar-refractivity contribution is 5.71. The summed E-state index contributed by atoms with van der Waals surface area (Å²) in [6.45, 7) is 21.4. The molecule has 4 heteroatoms. The average Bonchev–Trinajstić information content (AvgIpc) is 2.55. The molecule has 1 aliphatic rings. The van der Waals surface area contributed by atoms with Gasteiger partial charge in [0.25, 0.3) is 0 Å². The number of hydrogen-bond acceptors (Lipinski definition) is 3. The number of likely N-dealkylation sites (tertiary alicyclic amines) is 1. The summed E-state index contributed by atoms with van der Waals surface area (Å²) in [6, 6.07) is 4.07. The van der Waals surface area contributed by atoms with Crippen molar-refractivity contribution in [2.75, 3.05) is 7.05 Å². The maximum absolute atomic E-state index is 12.5. The molecule has 0 saturated carbocycles. The van der Waals surface area contributed by atoms with Crippen LogP contribution in [-0.2, 0) is 22.0 Å². The van der Waals surface area contributed by atoms with Gasteiger partial charge in [0, 0.05) is 11.1 Å². The van der Waals surface area contributed by atoms with Crippen molar-refractivity contribution in [2.45, 2.75) is 110 Å². The Balaban J connectivity index is 2.52. The molecule has 0 aromatic heterocycles. The van der Waals surface area contributed by atoms with E-state index in [4.69, 9.17) is 0 Å². The normalized spacial score (nSPS) is 21.1. The van der Waals surface area contributed by atoms with E-state index in [0.29, 0.717) is 12.2 Å². The lowest BCUT2D eigenvalue weighted by atomic mass is 9.68. The van der Waals surface area contributed by atoms with Crippen molar-refractivity contribution in [1.29, 1.82) is 0 Å². The number of carboxylic acid groups (broad SMARTS) is 1. The number of carboxylic acids is 1. The molecule has 176 valence electrons. The van der Waals surface area contributed by atoms with Crippen molar-refractivity contribution < 1.29 is 15.0 Å². The summed E-state index contributed by atoms with van der Waals surface area (Å²) in [6.07, 6.45) is 2.21. The number of phenolic OH excluding ortho intramolecular Hbond substituents is 1. The lowest BCUT2D eigenvalue weighted by Crippen LogP contribution is -2.59. The first-order valence-electron chi connectivity index (χ1n) is 11.6. The molecule has 2 rings (SSSR count). The standard InChI is InChI=1S/C27H45NO3/c1-24(2,3)20-13-17(14-21(22(20)29)25(4,5)6)12-19(23(30)31)18-15-26(7,8)28(11)27(9,10)16-18/h13-14,18-19,29H,12,15-16H2,1-11H3,(H,30,31)/t19-/m0/s1. The number of benzene rings is 1. The molecule has 0 amide bonds. The van der Waals surface area contributed by atoms with Crippen molar-refractivity contribution in [3.8, 4) is 5.75 Å². The number of hydrogen-bond donors (Lipinski definition) is 2. The van der Waals surface area contributed by atoms with Crippen molar-refractivity contribution >= 4 is 5.97 Å². The lowest BCUT2D eigenvalue weighted by Gasteiger charge is -2.54. The van der Waals surface area contributed by atoms with Crippen molar-refractivity contribution in [3.05, 3.63) is 28.8 Å².